The molecule has 18 heavy (non-hydrogen) atoms. The minimum absolute atomic E-state index is 0.0159. The molecule has 2 atom stereocenters. The van der Waals surface area contributed by atoms with Crippen molar-refractivity contribution >= 4 is 5.91 Å². The van der Waals surface area contributed by atoms with E-state index in [1.165, 1.54) is 0 Å². The van der Waals surface area contributed by atoms with Gasteiger partial charge in [0.25, 0.3) is 0 Å². The van der Waals surface area contributed by atoms with Gasteiger partial charge in [0.1, 0.15) is 0 Å². The van der Waals surface area contributed by atoms with Crippen molar-refractivity contribution in [3.05, 3.63) is 0 Å². The predicted molar refractivity (Wildman–Crippen MR) is 68.3 cm³/mol. The summed E-state index contributed by atoms with van der Waals surface area (Å²) >= 11 is 0. The molecule has 0 radical (unpaired) electrons. The van der Waals surface area contributed by atoms with Gasteiger partial charge in [-0.05, 0) is 25.8 Å². The fourth-order valence-electron chi connectivity index (χ4n) is 3.05. The maximum absolute atomic E-state index is 12.7. The van der Waals surface area contributed by atoms with Gasteiger partial charge >= 0.3 is 0 Å². The van der Waals surface area contributed by atoms with Crippen LogP contribution in [0.3, 0.4) is 0 Å². The van der Waals surface area contributed by atoms with Gasteiger partial charge in [0.15, 0.2) is 0 Å². The van der Waals surface area contributed by atoms with E-state index in [1.54, 1.807) is 0 Å². The number of nitrogens with one attached hydrogen (secondary N) is 1. The van der Waals surface area contributed by atoms with Crippen LogP contribution in [0.15, 0.2) is 0 Å². The van der Waals surface area contributed by atoms with E-state index < -0.39 is 0 Å². The standard InChI is InChI=1S/C13H24N2O3/c1-2-4-13(5-3-6-14-13)12(17)15-7-8-18-11(9-15)10-16/h11,14,16H,2-10H2,1H3. The summed E-state index contributed by atoms with van der Waals surface area (Å²) in [5.41, 5.74) is -0.355. The van der Waals surface area contributed by atoms with Gasteiger partial charge < -0.3 is 20.1 Å². The SMILES string of the molecule is CCCC1(C(=O)N2CCOC(CO)C2)CCCN1. The highest BCUT2D eigenvalue weighted by molar-refractivity contribution is 5.87. The minimum Gasteiger partial charge on any atom is -0.394 e. The van der Waals surface area contributed by atoms with Crippen molar-refractivity contribution in [3.8, 4) is 0 Å². The summed E-state index contributed by atoms with van der Waals surface area (Å²) in [4.78, 5) is 14.6. The maximum atomic E-state index is 12.7. The molecule has 2 aliphatic heterocycles. The third-order valence-corrected chi connectivity index (χ3v) is 3.96. The second-order valence-electron chi connectivity index (χ2n) is 5.29. The number of carbonyl (C=O) groups excluding carboxylic acids is 1. The summed E-state index contributed by atoms with van der Waals surface area (Å²) in [5.74, 6) is 0.198. The van der Waals surface area contributed by atoms with Gasteiger partial charge in [-0.15, -0.1) is 0 Å². The monoisotopic (exact) mass is 256 g/mol. The molecule has 5 heteroatoms. The van der Waals surface area contributed by atoms with E-state index in [0.29, 0.717) is 19.7 Å². The molecule has 2 unspecified atom stereocenters. The number of amides is 1. The van der Waals surface area contributed by atoms with Gasteiger partial charge in [-0.25, -0.2) is 0 Å². The molecule has 0 aromatic rings. The number of hydrogen-bond acceptors (Lipinski definition) is 4. The van der Waals surface area contributed by atoms with E-state index in [0.717, 1.165) is 32.2 Å². The first kappa shape index (κ1) is 13.8. The fraction of sp³-hybridized carbons (Fsp3) is 0.923. The molecule has 2 rings (SSSR count). The Labute approximate surface area is 108 Å². The number of nitrogens with zero attached hydrogens (tertiary/aromatic N) is 1. The van der Waals surface area contributed by atoms with Crippen molar-refractivity contribution < 1.29 is 14.6 Å². The lowest BCUT2D eigenvalue weighted by atomic mass is 9.90. The van der Waals surface area contributed by atoms with E-state index in [-0.39, 0.29) is 24.2 Å². The number of aliphatic hydroxyl groups excluding tert-OH is 1. The Hall–Kier alpha value is -0.650. The molecule has 0 aromatic heterocycles. The summed E-state index contributed by atoms with van der Waals surface area (Å²) < 4.78 is 5.40. The summed E-state index contributed by atoms with van der Waals surface area (Å²) in [6.45, 7) is 4.71. The van der Waals surface area contributed by atoms with E-state index in [1.807, 2.05) is 4.90 Å². The van der Waals surface area contributed by atoms with E-state index in [4.69, 9.17) is 9.84 Å². The average Bonchev–Trinajstić information content (AvgIpc) is 2.88. The Morgan fingerprint density at radius 1 is 1.61 bits per heavy atom. The zero-order chi connectivity index (χ0) is 13.0. The van der Waals surface area contributed by atoms with Crippen molar-refractivity contribution in [2.24, 2.45) is 0 Å². The van der Waals surface area contributed by atoms with Crippen molar-refractivity contribution in [1.29, 1.82) is 0 Å². The van der Waals surface area contributed by atoms with Crippen LogP contribution < -0.4 is 5.32 Å². The molecule has 2 saturated heterocycles. The predicted octanol–water partition coefficient (Wildman–Crippen LogP) is 0.128. The topological polar surface area (TPSA) is 61.8 Å². The molecule has 0 aliphatic carbocycles. The van der Waals surface area contributed by atoms with Crippen molar-refractivity contribution in [3.63, 3.8) is 0 Å². The number of carbonyl (C=O) groups is 1. The number of morpholine rings is 1. The number of hydrogen-bond donors (Lipinski definition) is 2. The third-order valence-electron chi connectivity index (χ3n) is 3.96. The van der Waals surface area contributed by atoms with Crippen LogP contribution >= 0.6 is 0 Å². The summed E-state index contributed by atoms with van der Waals surface area (Å²) in [6, 6.07) is 0. The number of rotatable bonds is 4. The van der Waals surface area contributed by atoms with Gasteiger partial charge in [-0.1, -0.05) is 13.3 Å². The van der Waals surface area contributed by atoms with Crippen molar-refractivity contribution in [2.75, 3.05) is 32.8 Å². The van der Waals surface area contributed by atoms with Crippen molar-refractivity contribution in [2.45, 2.75) is 44.2 Å². The molecule has 0 bridgehead atoms. The highest BCUT2D eigenvalue weighted by Crippen LogP contribution is 2.27. The Balaban J connectivity index is 2.04. The molecule has 1 amide bonds. The molecule has 2 N–H and O–H groups in total. The minimum atomic E-state index is -0.355. The summed E-state index contributed by atoms with van der Waals surface area (Å²) in [5, 5.41) is 12.6. The van der Waals surface area contributed by atoms with Crippen LogP contribution in [-0.2, 0) is 9.53 Å². The smallest absolute Gasteiger partial charge is 0.243 e. The van der Waals surface area contributed by atoms with E-state index in [9.17, 15) is 4.79 Å². The molecule has 2 heterocycles. The van der Waals surface area contributed by atoms with Crippen LogP contribution in [-0.4, -0.2) is 60.4 Å². The van der Waals surface area contributed by atoms with Gasteiger partial charge in [-0.3, -0.25) is 4.79 Å². The summed E-state index contributed by atoms with van der Waals surface area (Å²) in [7, 11) is 0. The first-order valence-corrected chi connectivity index (χ1v) is 6.99. The second-order valence-corrected chi connectivity index (χ2v) is 5.29. The molecule has 104 valence electrons. The Morgan fingerprint density at radius 3 is 3.06 bits per heavy atom. The highest BCUT2D eigenvalue weighted by atomic mass is 16.5. The normalized spacial score (nSPS) is 32.8. The first-order valence-electron chi connectivity index (χ1n) is 6.99. The van der Waals surface area contributed by atoms with E-state index in [2.05, 4.69) is 12.2 Å². The van der Waals surface area contributed by atoms with Crippen LogP contribution in [0, 0.1) is 0 Å². The lowest BCUT2D eigenvalue weighted by molar-refractivity contribution is -0.147. The molecule has 0 spiro atoms. The lowest BCUT2D eigenvalue weighted by Gasteiger charge is -2.38. The number of ether oxygens (including phenoxy) is 1. The zero-order valence-corrected chi connectivity index (χ0v) is 11.2. The van der Waals surface area contributed by atoms with Gasteiger partial charge in [0.2, 0.25) is 5.91 Å². The first-order chi connectivity index (χ1) is 8.72. The molecule has 0 saturated carbocycles. The second kappa shape index (κ2) is 5.99. The van der Waals surface area contributed by atoms with Crippen LogP contribution in [0.25, 0.3) is 0 Å². The largest absolute Gasteiger partial charge is 0.394 e. The number of aliphatic hydroxyl groups is 1. The van der Waals surface area contributed by atoms with Crippen LogP contribution in [0.2, 0.25) is 0 Å². The van der Waals surface area contributed by atoms with Gasteiger partial charge in [0.05, 0.1) is 24.9 Å². The molecular formula is C13H24N2O3. The lowest BCUT2D eigenvalue weighted by Crippen LogP contribution is -2.58. The van der Waals surface area contributed by atoms with Gasteiger partial charge in [0, 0.05) is 13.1 Å². The zero-order valence-electron chi connectivity index (χ0n) is 11.2. The van der Waals surface area contributed by atoms with Gasteiger partial charge in [-0.2, -0.15) is 0 Å². The fourth-order valence-corrected chi connectivity index (χ4v) is 3.05. The molecule has 2 aliphatic rings. The Morgan fingerprint density at radius 2 is 2.44 bits per heavy atom. The van der Waals surface area contributed by atoms with Crippen molar-refractivity contribution in [1.82, 2.24) is 10.2 Å². The molecule has 5 nitrogen and oxygen atoms in total. The Kier molecular flexibility index (Phi) is 4.59. The van der Waals surface area contributed by atoms with Crippen LogP contribution in [0.5, 0.6) is 0 Å². The third kappa shape index (κ3) is 2.68. The molecule has 2 fully saturated rings. The highest BCUT2D eigenvalue weighted by Gasteiger charge is 2.43. The quantitative estimate of drug-likeness (QED) is 0.750. The Bertz CT molecular complexity index is 290. The van der Waals surface area contributed by atoms with Crippen LogP contribution in [0.4, 0.5) is 0 Å². The van der Waals surface area contributed by atoms with E-state index >= 15 is 0 Å². The average molecular weight is 256 g/mol. The summed E-state index contributed by atoms with van der Waals surface area (Å²) in [6.07, 6.45) is 3.68. The molecule has 0 aromatic carbocycles. The molecular weight excluding hydrogens is 232 g/mol. The van der Waals surface area contributed by atoms with Crippen LogP contribution in [0.1, 0.15) is 32.6 Å². The maximum Gasteiger partial charge on any atom is 0.243 e.